The number of benzene rings is 1. The maximum atomic E-state index is 5.64. The minimum absolute atomic E-state index is 0.574. The lowest BCUT2D eigenvalue weighted by atomic mass is 10.2. The highest BCUT2D eigenvalue weighted by atomic mass is 32.1. The van der Waals surface area contributed by atoms with Crippen molar-refractivity contribution in [2.45, 2.75) is 0 Å². The van der Waals surface area contributed by atoms with E-state index in [0.717, 1.165) is 37.7 Å². The first kappa shape index (κ1) is 13.0. The summed E-state index contributed by atoms with van der Waals surface area (Å²) in [6.45, 7) is 1.16. The minimum atomic E-state index is 0.574. The average molecular weight is 342 g/mol. The molecule has 0 spiro atoms. The van der Waals surface area contributed by atoms with E-state index in [-0.39, 0.29) is 0 Å². The number of fused-ring (bicyclic) bond motifs is 2. The molecule has 0 fully saturated rings. The number of nitrogens with zero attached hydrogens (tertiary/aromatic N) is 4. The molecule has 1 aliphatic rings. The first-order chi connectivity index (χ1) is 11.4. The Morgan fingerprint density at radius 1 is 1.04 bits per heavy atom. The zero-order valence-electron chi connectivity index (χ0n) is 11.8. The van der Waals surface area contributed by atoms with E-state index in [2.05, 4.69) is 15.3 Å². The summed E-state index contributed by atoms with van der Waals surface area (Å²) in [5.41, 5.74) is 0.988. The lowest BCUT2D eigenvalue weighted by Gasteiger charge is -2.18. The van der Waals surface area contributed by atoms with Crippen LogP contribution in [-0.4, -0.2) is 33.0 Å². The van der Waals surface area contributed by atoms with Gasteiger partial charge in [0.1, 0.15) is 18.2 Å². The Bertz CT molecular complexity index is 990. The first-order valence-electron chi connectivity index (χ1n) is 7.05. The third-order valence-electron chi connectivity index (χ3n) is 3.52. The summed E-state index contributed by atoms with van der Waals surface area (Å²) in [5.74, 6) is 2.32. The van der Waals surface area contributed by atoms with Gasteiger partial charge < -0.3 is 9.47 Å². The third kappa shape index (κ3) is 2.10. The number of hydrogen-bond acceptors (Lipinski definition) is 7. The van der Waals surface area contributed by atoms with Crippen LogP contribution in [0.25, 0.3) is 26.2 Å². The summed E-state index contributed by atoms with van der Waals surface area (Å²) in [4.78, 5) is 1.83. The molecule has 3 aromatic heterocycles. The van der Waals surface area contributed by atoms with Crippen LogP contribution in [0.2, 0.25) is 0 Å². The fraction of sp³-hybridized carbons (Fsp3) is 0.133. The highest BCUT2D eigenvalue weighted by Gasteiger charge is 2.17. The molecule has 0 amide bonds. The minimum Gasteiger partial charge on any atom is -0.486 e. The number of rotatable bonds is 2. The van der Waals surface area contributed by atoms with E-state index in [1.54, 1.807) is 15.9 Å². The normalized spacial score (nSPS) is 13.6. The van der Waals surface area contributed by atoms with Gasteiger partial charge in [-0.3, -0.25) is 0 Å². The Balaban J connectivity index is 1.61. The lowest BCUT2D eigenvalue weighted by molar-refractivity contribution is 0.171. The van der Waals surface area contributed by atoms with Crippen LogP contribution in [0, 0.1) is 0 Å². The quantitative estimate of drug-likeness (QED) is 0.559. The Morgan fingerprint density at radius 2 is 1.96 bits per heavy atom. The largest absolute Gasteiger partial charge is 0.486 e. The molecule has 23 heavy (non-hydrogen) atoms. The van der Waals surface area contributed by atoms with Crippen molar-refractivity contribution in [2.75, 3.05) is 13.2 Å². The van der Waals surface area contributed by atoms with Crippen molar-refractivity contribution in [1.82, 2.24) is 19.8 Å². The first-order valence-corrected chi connectivity index (χ1v) is 8.74. The maximum Gasteiger partial charge on any atom is 0.235 e. The van der Waals surface area contributed by atoms with E-state index in [4.69, 9.17) is 9.47 Å². The van der Waals surface area contributed by atoms with Crippen molar-refractivity contribution in [2.24, 2.45) is 0 Å². The molecule has 114 valence electrons. The summed E-state index contributed by atoms with van der Waals surface area (Å²) in [6.07, 6.45) is 0. The van der Waals surface area contributed by atoms with Gasteiger partial charge in [-0.05, 0) is 29.6 Å². The van der Waals surface area contributed by atoms with Gasteiger partial charge in [0.25, 0.3) is 0 Å². The van der Waals surface area contributed by atoms with Gasteiger partial charge in [-0.1, -0.05) is 17.4 Å². The SMILES string of the molecule is c1csc(-c2nnc3sc(-c4ccc5c(c4)OCCO5)nn23)c1. The average Bonchev–Trinajstić information content (AvgIpc) is 3.30. The summed E-state index contributed by atoms with van der Waals surface area (Å²) in [5, 5.41) is 16.0. The number of aromatic nitrogens is 4. The number of hydrogen-bond donors (Lipinski definition) is 0. The van der Waals surface area contributed by atoms with Gasteiger partial charge in [-0.15, -0.1) is 21.5 Å². The van der Waals surface area contributed by atoms with Gasteiger partial charge in [0.15, 0.2) is 17.3 Å². The molecule has 4 aromatic rings. The van der Waals surface area contributed by atoms with Crippen LogP contribution < -0.4 is 9.47 Å². The Hall–Kier alpha value is -2.45. The lowest BCUT2D eigenvalue weighted by Crippen LogP contribution is -2.15. The van der Waals surface area contributed by atoms with Crippen molar-refractivity contribution in [1.29, 1.82) is 0 Å². The molecular formula is C15H10N4O2S2. The molecular weight excluding hydrogens is 332 g/mol. The molecule has 0 N–H and O–H groups in total. The second-order valence-corrected chi connectivity index (χ2v) is 6.86. The summed E-state index contributed by atoms with van der Waals surface area (Å²) >= 11 is 3.13. The van der Waals surface area contributed by atoms with Gasteiger partial charge >= 0.3 is 0 Å². The molecule has 0 saturated heterocycles. The van der Waals surface area contributed by atoms with Crippen LogP contribution in [0.15, 0.2) is 35.7 Å². The molecule has 0 aliphatic carbocycles. The molecule has 4 heterocycles. The van der Waals surface area contributed by atoms with Crippen molar-refractivity contribution < 1.29 is 9.47 Å². The molecule has 0 radical (unpaired) electrons. The van der Waals surface area contributed by atoms with Crippen LogP contribution in [-0.2, 0) is 0 Å². The van der Waals surface area contributed by atoms with E-state index in [1.165, 1.54) is 11.3 Å². The van der Waals surface area contributed by atoms with E-state index in [0.29, 0.717) is 13.2 Å². The summed E-state index contributed by atoms with van der Waals surface area (Å²) in [6, 6.07) is 9.89. The van der Waals surface area contributed by atoms with E-state index in [9.17, 15) is 0 Å². The predicted octanol–water partition coefficient (Wildman–Crippen LogP) is 3.35. The smallest absolute Gasteiger partial charge is 0.235 e. The summed E-state index contributed by atoms with van der Waals surface area (Å²) < 4.78 is 13.0. The van der Waals surface area contributed by atoms with E-state index in [1.807, 2.05) is 35.7 Å². The van der Waals surface area contributed by atoms with Gasteiger partial charge in [-0.25, -0.2) is 0 Å². The monoisotopic (exact) mass is 342 g/mol. The molecule has 0 atom stereocenters. The van der Waals surface area contributed by atoms with Crippen molar-refractivity contribution >= 4 is 27.6 Å². The van der Waals surface area contributed by atoms with Crippen LogP contribution in [0.1, 0.15) is 0 Å². The Kier molecular flexibility index (Phi) is 2.85. The highest BCUT2D eigenvalue weighted by molar-refractivity contribution is 7.19. The van der Waals surface area contributed by atoms with Crippen LogP contribution >= 0.6 is 22.7 Å². The fourth-order valence-corrected chi connectivity index (χ4v) is 4.00. The number of thiophene rings is 1. The van der Waals surface area contributed by atoms with Gasteiger partial charge in [0.2, 0.25) is 4.96 Å². The van der Waals surface area contributed by atoms with Crippen LogP contribution in [0.5, 0.6) is 11.5 Å². The van der Waals surface area contributed by atoms with E-state index < -0.39 is 0 Å². The highest BCUT2D eigenvalue weighted by Crippen LogP contribution is 2.36. The molecule has 0 bridgehead atoms. The van der Waals surface area contributed by atoms with Gasteiger partial charge in [-0.2, -0.15) is 9.61 Å². The van der Waals surface area contributed by atoms with Crippen molar-refractivity contribution in [3.8, 4) is 32.8 Å². The molecule has 8 heteroatoms. The zero-order valence-corrected chi connectivity index (χ0v) is 13.4. The standard InChI is InChI=1S/C15H10N4O2S2/c1-2-12(22-7-1)13-16-17-15-19(13)18-14(23-15)9-3-4-10-11(8-9)21-6-5-20-10/h1-4,7-8H,5-6H2. The third-order valence-corrected chi connectivity index (χ3v) is 5.34. The predicted molar refractivity (Wildman–Crippen MR) is 88.4 cm³/mol. The zero-order chi connectivity index (χ0) is 15.2. The molecule has 6 nitrogen and oxygen atoms in total. The topological polar surface area (TPSA) is 61.5 Å². The molecule has 0 unspecified atom stereocenters. The molecule has 0 saturated carbocycles. The maximum absolute atomic E-state index is 5.64. The summed E-state index contributed by atoms with van der Waals surface area (Å²) in [7, 11) is 0. The molecule has 1 aromatic carbocycles. The van der Waals surface area contributed by atoms with Crippen molar-refractivity contribution in [3.63, 3.8) is 0 Å². The Morgan fingerprint density at radius 3 is 2.83 bits per heavy atom. The van der Waals surface area contributed by atoms with Crippen LogP contribution in [0.3, 0.4) is 0 Å². The number of ether oxygens (including phenoxy) is 2. The molecule has 1 aliphatic heterocycles. The fourth-order valence-electron chi connectivity index (χ4n) is 2.47. The second kappa shape index (κ2) is 5.04. The van der Waals surface area contributed by atoms with Crippen molar-refractivity contribution in [3.05, 3.63) is 35.7 Å². The Labute approximate surface area is 138 Å². The van der Waals surface area contributed by atoms with Crippen LogP contribution in [0.4, 0.5) is 0 Å². The van der Waals surface area contributed by atoms with Gasteiger partial charge in [0, 0.05) is 5.56 Å². The van der Waals surface area contributed by atoms with Gasteiger partial charge in [0.05, 0.1) is 4.88 Å². The van der Waals surface area contributed by atoms with E-state index >= 15 is 0 Å². The second-order valence-electron chi connectivity index (χ2n) is 4.96. The molecule has 5 rings (SSSR count).